The van der Waals surface area contributed by atoms with Crippen LogP contribution in [0.15, 0.2) is 24.4 Å². The minimum atomic E-state index is 0. The van der Waals surface area contributed by atoms with Crippen molar-refractivity contribution in [3.8, 4) is 5.75 Å². The van der Waals surface area contributed by atoms with Gasteiger partial charge >= 0.3 is 0 Å². The number of methoxy groups -OCH3 is 1. The Morgan fingerprint density at radius 2 is 2.14 bits per heavy atom. The highest BCUT2D eigenvalue weighted by Crippen LogP contribution is 2.32. The van der Waals surface area contributed by atoms with Crippen molar-refractivity contribution in [3.63, 3.8) is 0 Å². The Balaban J connectivity index is 0.00000161. The van der Waals surface area contributed by atoms with Crippen molar-refractivity contribution in [2.24, 2.45) is 0 Å². The number of hydrogen-bond acceptors (Lipinski definition) is 4. The van der Waals surface area contributed by atoms with E-state index in [9.17, 15) is 0 Å². The largest absolute Gasteiger partial charge is 0.493 e. The number of ether oxygens (including phenoxy) is 2. The molecule has 2 heterocycles. The van der Waals surface area contributed by atoms with Crippen LogP contribution in [0.5, 0.6) is 5.75 Å². The Labute approximate surface area is 144 Å². The smallest absolute Gasteiger partial charge is 0.158 e. The Hall–Kier alpha value is -0.630. The molecular weight excluding hydrogens is 403 g/mol. The molecule has 1 aliphatic rings. The summed E-state index contributed by atoms with van der Waals surface area (Å²) in [6.07, 6.45) is 1.82. The summed E-state index contributed by atoms with van der Waals surface area (Å²) in [5.41, 5.74) is 2.25. The van der Waals surface area contributed by atoms with Gasteiger partial charge in [0.1, 0.15) is 5.52 Å². The number of hydrogen-bond donors (Lipinski definition) is 0. The highest BCUT2D eigenvalue weighted by atomic mass is 127. The molecule has 0 saturated carbocycles. The van der Waals surface area contributed by atoms with Crippen LogP contribution in [-0.2, 0) is 11.3 Å². The summed E-state index contributed by atoms with van der Waals surface area (Å²) in [5, 5.41) is 1.18. The maximum absolute atomic E-state index is 5.50. The SMILES string of the molecule is COc1c(I)cc(CN2CCOCC2)c2cccnc12.Cl. The van der Waals surface area contributed by atoms with Crippen molar-refractivity contribution in [2.75, 3.05) is 33.4 Å². The lowest BCUT2D eigenvalue weighted by molar-refractivity contribution is 0.0343. The fourth-order valence-electron chi connectivity index (χ4n) is 2.58. The summed E-state index contributed by atoms with van der Waals surface area (Å²) in [6, 6.07) is 6.31. The summed E-state index contributed by atoms with van der Waals surface area (Å²) >= 11 is 2.32. The van der Waals surface area contributed by atoms with Gasteiger partial charge in [-0.1, -0.05) is 6.07 Å². The molecule has 114 valence electrons. The van der Waals surface area contributed by atoms with E-state index in [1.165, 1.54) is 10.9 Å². The quantitative estimate of drug-likeness (QED) is 0.715. The van der Waals surface area contributed by atoms with E-state index >= 15 is 0 Å². The number of aromatic nitrogens is 1. The average molecular weight is 421 g/mol. The van der Waals surface area contributed by atoms with Gasteiger partial charge in [0.05, 0.1) is 23.9 Å². The molecule has 0 bridgehead atoms. The van der Waals surface area contributed by atoms with Crippen LogP contribution in [0.2, 0.25) is 0 Å². The van der Waals surface area contributed by atoms with E-state index in [0.29, 0.717) is 0 Å². The number of morpholine rings is 1. The van der Waals surface area contributed by atoms with Crippen LogP contribution in [0.1, 0.15) is 5.56 Å². The number of pyridine rings is 1. The molecule has 0 radical (unpaired) electrons. The molecule has 0 aliphatic carbocycles. The second-order valence-electron chi connectivity index (χ2n) is 4.84. The summed E-state index contributed by atoms with van der Waals surface area (Å²) in [6.45, 7) is 4.56. The van der Waals surface area contributed by atoms with Gasteiger partial charge in [-0.15, -0.1) is 12.4 Å². The fraction of sp³-hybridized carbons (Fsp3) is 0.400. The predicted molar refractivity (Wildman–Crippen MR) is 94.4 cm³/mol. The van der Waals surface area contributed by atoms with E-state index in [4.69, 9.17) is 9.47 Å². The van der Waals surface area contributed by atoms with Gasteiger partial charge in [-0.25, -0.2) is 0 Å². The highest BCUT2D eigenvalue weighted by Gasteiger charge is 2.16. The molecule has 4 nitrogen and oxygen atoms in total. The summed E-state index contributed by atoms with van der Waals surface area (Å²) in [4.78, 5) is 6.92. The van der Waals surface area contributed by atoms with E-state index in [1.807, 2.05) is 12.3 Å². The van der Waals surface area contributed by atoms with Crippen molar-refractivity contribution in [1.29, 1.82) is 0 Å². The third-order valence-corrected chi connectivity index (χ3v) is 4.39. The third-order valence-electron chi connectivity index (χ3n) is 3.59. The van der Waals surface area contributed by atoms with E-state index in [1.54, 1.807) is 7.11 Å². The van der Waals surface area contributed by atoms with Crippen molar-refractivity contribution in [2.45, 2.75) is 6.54 Å². The van der Waals surface area contributed by atoms with Crippen LogP contribution in [0.25, 0.3) is 10.9 Å². The first-order chi connectivity index (χ1) is 9.79. The van der Waals surface area contributed by atoms with Gasteiger partial charge < -0.3 is 9.47 Å². The zero-order valence-electron chi connectivity index (χ0n) is 11.8. The molecule has 1 fully saturated rings. The molecule has 1 aliphatic heterocycles. The van der Waals surface area contributed by atoms with Gasteiger partial charge in [0.15, 0.2) is 5.75 Å². The molecule has 0 amide bonds. The van der Waals surface area contributed by atoms with Gasteiger partial charge in [-0.2, -0.15) is 0 Å². The molecule has 0 spiro atoms. The summed E-state index contributed by atoms with van der Waals surface area (Å²) in [7, 11) is 1.70. The monoisotopic (exact) mass is 420 g/mol. The molecule has 6 heteroatoms. The molecule has 1 saturated heterocycles. The fourth-order valence-corrected chi connectivity index (χ4v) is 3.43. The van der Waals surface area contributed by atoms with Gasteiger partial charge in [0.25, 0.3) is 0 Å². The normalized spacial score (nSPS) is 15.7. The molecule has 1 aromatic heterocycles. The topological polar surface area (TPSA) is 34.6 Å². The molecule has 2 aromatic rings. The number of halogens is 2. The third kappa shape index (κ3) is 3.59. The second-order valence-corrected chi connectivity index (χ2v) is 6.00. The van der Waals surface area contributed by atoms with E-state index in [2.05, 4.69) is 44.6 Å². The predicted octanol–water partition coefficient (Wildman–Crippen LogP) is 3.10. The average Bonchev–Trinajstić information content (AvgIpc) is 2.49. The van der Waals surface area contributed by atoms with Crippen LogP contribution in [0, 0.1) is 3.57 Å². The Morgan fingerprint density at radius 3 is 2.86 bits per heavy atom. The minimum Gasteiger partial charge on any atom is -0.493 e. The molecule has 1 aromatic carbocycles. The molecule has 0 atom stereocenters. The van der Waals surface area contributed by atoms with E-state index in [-0.39, 0.29) is 12.4 Å². The van der Waals surface area contributed by atoms with Crippen LogP contribution in [-0.4, -0.2) is 43.3 Å². The van der Waals surface area contributed by atoms with Crippen molar-refractivity contribution >= 4 is 45.9 Å². The Morgan fingerprint density at radius 1 is 1.38 bits per heavy atom. The number of benzene rings is 1. The first-order valence-corrected chi connectivity index (χ1v) is 7.77. The first-order valence-electron chi connectivity index (χ1n) is 6.70. The number of rotatable bonds is 3. The zero-order valence-corrected chi connectivity index (χ0v) is 14.8. The van der Waals surface area contributed by atoms with Crippen molar-refractivity contribution in [3.05, 3.63) is 33.5 Å². The van der Waals surface area contributed by atoms with E-state index in [0.717, 1.165) is 47.7 Å². The lowest BCUT2D eigenvalue weighted by Gasteiger charge is -2.27. The molecular formula is C15H18ClIN2O2. The maximum Gasteiger partial charge on any atom is 0.158 e. The van der Waals surface area contributed by atoms with Gasteiger partial charge in [0.2, 0.25) is 0 Å². The molecule has 21 heavy (non-hydrogen) atoms. The standard InChI is InChI=1S/C15H17IN2O2.ClH/c1-19-15-13(16)9-11(10-18-5-7-20-8-6-18)12-3-2-4-17-14(12)15;/h2-4,9H,5-8,10H2,1H3;1H. The summed E-state index contributed by atoms with van der Waals surface area (Å²) < 4.78 is 12.0. The lowest BCUT2D eigenvalue weighted by Crippen LogP contribution is -2.35. The van der Waals surface area contributed by atoms with Gasteiger partial charge in [-0.3, -0.25) is 9.88 Å². The van der Waals surface area contributed by atoms with Crippen LogP contribution < -0.4 is 4.74 Å². The number of fused-ring (bicyclic) bond motifs is 1. The first kappa shape index (κ1) is 16.7. The highest BCUT2D eigenvalue weighted by molar-refractivity contribution is 14.1. The van der Waals surface area contributed by atoms with Crippen molar-refractivity contribution in [1.82, 2.24) is 9.88 Å². The molecule has 3 rings (SSSR count). The Kier molecular flexibility index (Phi) is 6.04. The van der Waals surface area contributed by atoms with Crippen LogP contribution in [0.3, 0.4) is 0 Å². The molecule has 0 N–H and O–H groups in total. The second kappa shape index (κ2) is 7.58. The summed E-state index contributed by atoms with van der Waals surface area (Å²) in [5.74, 6) is 0.868. The van der Waals surface area contributed by atoms with Crippen molar-refractivity contribution < 1.29 is 9.47 Å². The number of nitrogens with zero attached hydrogens (tertiary/aromatic N) is 2. The Bertz CT molecular complexity index is 618. The lowest BCUT2D eigenvalue weighted by atomic mass is 10.1. The maximum atomic E-state index is 5.50. The van der Waals surface area contributed by atoms with E-state index < -0.39 is 0 Å². The minimum absolute atomic E-state index is 0. The molecule has 0 unspecified atom stereocenters. The van der Waals surface area contributed by atoms with Crippen LogP contribution in [0.4, 0.5) is 0 Å². The zero-order chi connectivity index (χ0) is 13.9. The van der Waals surface area contributed by atoms with Crippen LogP contribution >= 0.6 is 35.0 Å². The van der Waals surface area contributed by atoms with Gasteiger partial charge in [-0.05, 0) is 40.3 Å². The van der Waals surface area contributed by atoms with Gasteiger partial charge in [0, 0.05) is 31.2 Å².